The number of hydrogen-bond acceptors (Lipinski definition) is 8. The number of rotatable bonds is 13. The van der Waals surface area contributed by atoms with Crippen LogP contribution >= 0.6 is 0 Å². The molecule has 1 heterocycles. The number of nitrogens with zero attached hydrogens (tertiary/aromatic N) is 2. The summed E-state index contributed by atoms with van der Waals surface area (Å²) < 4.78 is 57.6. The molecule has 0 radical (unpaired) electrons. The minimum Gasteiger partial charge on any atom is -0.464 e. The van der Waals surface area contributed by atoms with E-state index in [1.165, 1.54) is 36.7 Å². The topological polar surface area (TPSA) is 150 Å². The third-order valence-electron chi connectivity index (χ3n) is 6.59. The van der Waals surface area contributed by atoms with Crippen molar-refractivity contribution in [1.82, 2.24) is 20.2 Å². The highest BCUT2D eigenvalue weighted by molar-refractivity contribution is 5.98. The zero-order valence-corrected chi connectivity index (χ0v) is 27.5. The highest BCUT2D eigenvalue weighted by Crippen LogP contribution is 2.32. The number of aromatic nitrogens is 2. The predicted molar refractivity (Wildman–Crippen MR) is 169 cm³/mol. The molecule has 0 aliphatic carbocycles. The number of imidazole rings is 1. The van der Waals surface area contributed by atoms with E-state index in [2.05, 4.69) is 20.9 Å². The molecule has 0 fully saturated rings. The van der Waals surface area contributed by atoms with Gasteiger partial charge in [0.15, 0.2) is 11.9 Å². The summed E-state index contributed by atoms with van der Waals surface area (Å²) in [4.78, 5) is 56.1. The molecule has 3 amide bonds. The van der Waals surface area contributed by atoms with Gasteiger partial charge in [-0.2, -0.15) is 13.2 Å². The summed E-state index contributed by atoms with van der Waals surface area (Å²) in [5.41, 5.74) is -2.49. The molecular formula is C33H40F3N5O7. The Morgan fingerprint density at radius 1 is 0.958 bits per heavy atom. The van der Waals surface area contributed by atoms with Crippen molar-refractivity contribution in [1.29, 1.82) is 0 Å². The van der Waals surface area contributed by atoms with Crippen LogP contribution in [-0.4, -0.2) is 63.8 Å². The molecule has 48 heavy (non-hydrogen) atoms. The van der Waals surface area contributed by atoms with E-state index in [1.54, 1.807) is 27.7 Å². The summed E-state index contributed by atoms with van der Waals surface area (Å²) in [6.07, 6.45) is -3.09. The average molecular weight is 676 g/mol. The predicted octanol–water partition coefficient (Wildman–Crippen LogP) is 5.00. The second-order valence-corrected chi connectivity index (χ2v) is 12.3. The number of amides is 3. The maximum absolute atomic E-state index is 13.5. The van der Waals surface area contributed by atoms with Crippen molar-refractivity contribution >= 4 is 29.7 Å². The molecule has 3 aromatic rings. The van der Waals surface area contributed by atoms with Gasteiger partial charge in [-0.1, -0.05) is 42.5 Å². The van der Waals surface area contributed by atoms with Crippen molar-refractivity contribution < 1.29 is 46.6 Å². The molecule has 0 aliphatic heterocycles. The molecule has 0 saturated heterocycles. The third-order valence-corrected chi connectivity index (χ3v) is 6.59. The zero-order valence-electron chi connectivity index (χ0n) is 27.5. The largest absolute Gasteiger partial charge is 0.464 e. The van der Waals surface area contributed by atoms with E-state index in [0.29, 0.717) is 0 Å². The maximum Gasteiger partial charge on any atom is 0.416 e. The Bertz CT molecular complexity index is 1570. The number of anilines is 1. The number of nitrogens with one attached hydrogen (secondary N) is 3. The van der Waals surface area contributed by atoms with Crippen molar-refractivity contribution in [3.63, 3.8) is 0 Å². The number of hydrogen-bond donors (Lipinski definition) is 3. The van der Waals surface area contributed by atoms with Crippen LogP contribution in [0.4, 0.5) is 23.8 Å². The van der Waals surface area contributed by atoms with Gasteiger partial charge >= 0.3 is 18.2 Å². The van der Waals surface area contributed by atoms with Gasteiger partial charge in [-0.15, -0.1) is 0 Å². The average Bonchev–Trinajstić information content (AvgIpc) is 3.43. The van der Waals surface area contributed by atoms with Crippen LogP contribution in [0, 0.1) is 0 Å². The van der Waals surface area contributed by atoms with Crippen molar-refractivity contribution in [3.05, 3.63) is 83.8 Å². The molecule has 15 heteroatoms. The number of esters is 1. The van der Waals surface area contributed by atoms with Gasteiger partial charge in [0.25, 0.3) is 5.91 Å². The molecule has 1 aromatic heterocycles. The minimum absolute atomic E-state index is 0.0160. The fraction of sp³-hybridized carbons (Fsp3) is 0.424. The van der Waals surface area contributed by atoms with Crippen LogP contribution in [0.15, 0.2) is 67.1 Å². The summed E-state index contributed by atoms with van der Waals surface area (Å²) >= 11 is 0. The molecule has 0 bridgehead atoms. The van der Waals surface area contributed by atoms with Crippen LogP contribution in [0.25, 0.3) is 0 Å². The molecule has 3 rings (SSSR count). The number of benzene rings is 2. The van der Waals surface area contributed by atoms with Crippen molar-refractivity contribution in [3.8, 4) is 0 Å². The Kier molecular flexibility index (Phi) is 12.3. The van der Waals surface area contributed by atoms with Crippen LogP contribution in [0.3, 0.4) is 0 Å². The normalized spacial score (nSPS) is 13.2. The summed E-state index contributed by atoms with van der Waals surface area (Å²) in [6.45, 7) is 9.21. The van der Waals surface area contributed by atoms with Crippen LogP contribution in [0.5, 0.6) is 0 Å². The molecule has 260 valence electrons. The summed E-state index contributed by atoms with van der Waals surface area (Å²) in [5.74, 6) is -2.41. The van der Waals surface area contributed by atoms with Crippen molar-refractivity contribution in [2.24, 2.45) is 0 Å². The lowest BCUT2D eigenvalue weighted by Gasteiger charge is -2.29. The van der Waals surface area contributed by atoms with Gasteiger partial charge in [0.2, 0.25) is 5.91 Å². The maximum atomic E-state index is 13.5. The fourth-order valence-corrected chi connectivity index (χ4v) is 4.30. The van der Waals surface area contributed by atoms with Crippen LogP contribution in [0.1, 0.15) is 64.3 Å². The molecule has 3 N–H and O–H groups in total. The van der Waals surface area contributed by atoms with Gasteiger partial charge in [-0.25, -0.2) is 14.6 Å². The number of alkyl halides is 3. The van der Waals surface area contributed by atoms with Gasteiger partial charge in [0.1, 0.15) is 17.2 Å². The smallest absolute Gasteiger partial charge is 0.416 e. The third kappa shape index (κ3) is 11.1. The van der Waals surface area contributed by atoms with E-state index >= 15 is 0 Å². The van der Waals surface area contributed by atoms with Crippen LogP contribution in [0.2, 0.25) is 0 Å². The Morgan fingerprint density at radius 3 is 2.27 bits per heavy atom. The molecule has 12 nitrogen and oxygen atoms in total. The summed E-state index contributed by atoms with van der Waals surface area (Å²) in [7, 11) is 0. The van der Waals surface area contributed by atoms with E-state index < -0.39 is 58.8 Å². The molecule has 2 aromatic carbocycles. The first-order chi connectivity index (χ1) is 22.4. The number of ether oxygens (including phenoxy) is 3. The highest BCUT2D eigenvalue weighted by atomic mass is 19.4. The van der Waals surface area contributed by atoms with E-state index in [0.717, 1.165) is 24.0 Å². The quantitative estimate of drug-likeness (QED) is 0.215. The fourth-order valence-electron chi connectivity index (χ4n) is 4.30. The minimum atomic E-state index is -4.65. The molecule has 2 atom stereocenters. The van der Waals surface area contributed by atoms with Gasteiger partial charge < -0.3 is 34.7 Å². The lowest BCUT2D eigenvalue weighted by atomic mass is 10.0. The van der Waals surface area contributed by atoms with Crippen LogP contribution in [-0.2, 0) is 41.4 Å². The van der Waals surface area contributed by atoms with Crippen molar-refractivity contribution in [2.45, 2.75) is 77.5 Å². The number of carbonyl (C=O) groups excluding carboxylic acids is 4. The molecule has 0 aliphatic rings. The highest BCUT2D eigenvalue weighted by Gasteiger charge is 2.35. The van der Waals surface area contributed by atoms with Gasteiger partial charge in [0, 0.05) is 6.20 Å². The lowest BCUT2D eigenvalue weighted by Crippen LogP contribution is -2.59. The number of carbonyl (C=O) groups is 4. The second-order valence-electron chi connectivity index (χ2n) is 12.3. The van der Waals surface area contributed by atoms with Gasteiger partial charge in [0.05, 0.1) is 31.7 Å². The van der Waals surface area contributed by atoms with Gasteiger partial charge in [-0.3, -0.25) is 9.59 Å². The molecular weight excluding hydrogens is 635 g/mol. The van der Waals surface area contributed by atoms with E-state index in [1.807, 2.05) is 30.3 Å². The Balaban J connectivity index is 1.83. The van der Waals surface area contributed by atoms with E-state index in [4.69, 9.17) is 14.2 Å². The number of alkyl carbamates (subject to hydrolysis) is 1. The summed E-state index contributed by atoms with van der Waals surface area (Å²) in [6, 6.07) is 10.7. The van der Waals surface area contributed by atoms with Crippen molar-refractivity contribution in [2.75, 3.05) is 18.5 Å². The van der Waals surface area contributed by atoms with Gasteiger partial charge in [-0.05, 0) is 64.8 Å². The first-order valence-electron chi connectivity index (χ1n) is 15.0. The first kappa shape index (κ1) is 37.5. The Morgan fingerprint density at radius 2 is 1.65 bits per heavy atom. The zero-order chi connectivity index (χ0) is 35.7. The molecule has 0 saturated carbocycles. The van der Waals surface area contributed by atoms with E-state index in [9.17, 15) is 32.3 Å². The van der Waals surface area contributed by atoms with Crippen LogP contribution < -0.4 is 16.0 Å². The Labute approximate surface area is 276 Å². The number of halogens is 3. The molecule has 0 spiro atoms. The SMILES string of the molecule is CCOC(=O)C(c1cccc(C(F)(F)F)c1)n1cnc(NC(=O)[C@@H](COCc2ccccc2)NC(=O)C(C)(C)NC(=O)OC(C)(C)C)c1. The Hall–Kier alpha value is -4.92. The second kappa shape index (κ2) is 15.8. The molecule has 1 unspecified atom stereocenters. The van der Waals surface area contributed by atoms with E-state index in [-0.39, 0.29) is 31.2 Å². The monoisotopic (exact) mass is 675 g/mol. The first-order valence-corrected chi connectivity index (χ1v) is 15.0. The summed E-state index contributed by atoms with van der Waals surface area (Å²) in [5, 5.41) is 7.60. The lowest BCUT2D eigenvalue weighted by molar-refractivity contribution is -0.146. The standard InChI is InChI=1S/C33H40F3N5O7/c1-7-47-28(43)26(22-14-11-15-23(16-22)33(34,35)36)41-17-25(37-20-41)39-27(42)24(19-46-18-21-12-9-8-10-13-21)38-29(44)32(5,6)40-30(45)48-31(2,3)4/h8-17,20,24,26H,7,18-19H2,1-6H3,(H,38,44)(H,39,42)(H,40,45)/t24-,26?/m1/s1.